The molecular formula is C12H17N3O4. The van der Waals surface area contributed by atoms with Gasteiger partial charge in [0.1, 0.15) is 6.61 Å². The second-order valence-corrected chi connectivity index (χ2v) is 4.43. The lowest BCUT2D eigenvalue weighted by Gasteiger charge is -2.30. The Balaban J connectivity index is 2.66. The summed E-state index contributed by atoms with van der Waals surface area (Å²) in [6.45, 7) is 8.27. The van der Waals surface area contributed by atoms with E-state index in [1.165, 1.54) is 6.92 Å². The van der Waals surface area contributed by atoms with Crippen LogP contribution in [0, 0.1) is 0 Å². The molecule has 0 aromatic heterocycles. The van der Waals surface area contributed by atoms with Crippen molar-refractivity contribution >= 4 is 12.1 Å². The molecule has 0 spiro atoms. The first kappa shape index (κ1) is 14.9. The molecule has 0 saturated heterocycles. The van der Waals surface area contributed by atoms with Crippen LogP contribution in [0.5, 0.6) is 0 Å². The fourth-order valence-corrected chi connectivity index (χ4v) is 1.63. The van der Waals surface area contributed by atoms with Crippen LogP contribution in [0.15, 0.2) is 34.2 Å². The van der Waals surface area contributed by atoms with Gasteiger partial charge < -0.3 is 9.84 Å². The van der Waals surface area contributed by atoms with Gasteiger partial charge in [0.15, 0.2) is 5.66 Å². The Morgan fingerprint density at radius 3 is 2.63 bits per heavy atom. The van der Waals surface area contributed by atoms with Gasteiger partial charge in [-0.2, -0.15) is 10.2 Å². The number of amides is 1. The van der Waals surface area contributed by atoms with Crippen molar-refractivity contribution in [2.75, 3.05) is 13.2 Å². The van der Waals surface area contributed by atoms with Crippen LogP contribution in [0.2, 0.25) is 0 Å². The zero-order chi connectivity index (χ0) is 14.6. The number of ether oxygens (including phenoxy) is 1. The van der Waals surface area contributed by atoms with Gasteiger partial charge in [-0.15, -0.1) is 0 Å². The molecule has 7 heteroatoms. The van der Waals surface area contributed by atoms with E-state index in [2.05, 4.69) is 16.8 Å². The smallest absolute Gasteiger partial charge is 0.409 e. The topological polar surface area (TPSA) is 91.6 Å². The summed E-state index contributed by atoms with van der Waals surface area (Å²) in [5, 5.41) is 16.9. The van der Waals surface area contributed by atoms with Crippen molar-refractivity contribution in [1.29, 1.82) is 0 Å². The fraction of sp³-hybridized carbons (Fsp3) is 0.500. The maximum atomic E-state index is 11.2. The van der Waals surface area contributed by atoms with Gasteiger partial charge >= 0.3 is 12.1 Å². The summed E-state index contributed by atoms with van der Waals surface area (Å²) < 4.78 is 4.88. The van der Waals surface area contributed by atoms with Gasteiger partial charge in [0.25, 0.3) is 0 Å². The molecule has 1 unspecified atom stereocenters. The van der Waals surface area contributed by atoms with E-state index in [1.807, 2.05) is 0 Å². The predicted molar refractivity (Wildman–Crippen MR) is 67.5 cm³/mol. The largest absolute Gasteiger partial charge is 0.465 e. The molecule has 1 aliphatic heterocycles. The van der Waals surface area contributed by atoms with Crippen LogP contribution in [-0.2, 0) is 9.53 Å². The monoisotopic (exact) mass is 267 g/mol. The molecule has 1 rings (SSSR count). The van der Waals surface area contributed by atoms with E-state index < -0.39 is 17.7 Å². The highest BCUT2D eigenvalue weighted by atomic mass is 16.5. The van der Waals surface area contributed by atoms with Crippen molar-refractivity contribution in [3.63, 3.8) is 0 Å². The van der Waals surface area contributed by atoms with E-state index in [1.54, 1.807) is 19.9 Å². The zero-order valence-corrected chi connectivity index (χ0v) is 11.2. The molecule has 104 valence electrons. The summed E-state index contributed by atoms with van der Waals surface area (Å²) in [4.78, 5) is 23.5. The van der Waals surface area contributed by atoms with Crippen LogP contribution in [0.3, 0.4) is 0 Å². The molecular weight excluding hydrogens is 250 g/mol. The highest BCUT2D eigenvalue weighted by Gasteiger charge is 2.36. The maximum absolute atomic E-state index is 11.2. The normalized spacial score (nSPS) is 20.9. The number of rotatable bonds is 5. The maximum Gasteiger partial charge on any atom is 0.409 e. The van der Waals surface area contributed by atoms with Crippen molar-refractivity contribution in [2.24, 2.45) is 10.2 Å². The Labute approximate surface area is 111 Å². The van der Waals surface area contributed by atoms with Gasteiger partial charge in [-0.3, -0.25) is 4.90 Å². The Morgan fingerprint density at radius 1 is 1.58 bits per heavy atom. The molecule has 19 heavy (non-hydrogen) atoms. The standard InChI is InChI=1S/C12H17N3O4/c1-8(2)10(16)19-6-5-15(11(17)18)12(4)7-9(3)13-14-12/h7H,1,5-6H2,2-4H3,(H,17,18). The number of hydrogen-bond donors (Lipinski definition) is 1. The summed E-state index contributed by atoms with van der Waals surface area (Å²) in [6, 6.07) is 0. The van der Waals surface area contributed by atoms with Crippen molar-refractivity contribution < 1.29 is 19.4 Å². The molecule has 0 radical (unpaired) electrons. The van der Waals surface area contributed by atoms with Gasteiger partial charge in [-0.05, 0) is 26.8 Å². The lowest BCUT2D eigenvalue weighted by atomic mass is 10.1. The van der Waals surface area contributed by atoms with E-state index >= 15 is 0 Å². The second-order valence-electron chi connectivity index (χ2n) is 4.43. The zero-order valence-electron chi connectivity index (χ0n) is 11.2. The lowest BCUT2D eigenvalue weighted by molar-refractivity contribution is -0.139. The number of esters is 1. The Kier molecular flexibility index (Phi) is 4.42. The molecule has 0 fully saturated rings. The predicted octanol–water partition coefficient (Wildman–Crippen LogP) is 2.17. The molecule has 1 amide bonds. The number of allylic oxidation sites excluding steroid dienone is 1. The van der Waals surface area contributed by atoms with Crippen LogP contribution in [0.25, 0.3) is 0 Å². The van der Waals surface area contributed by atoms with Gasteiger partial charge in [0, 0.05) is 5.57 Å². The van der Waals surface area contributed by atoms with Crippen molar-refractivity contribution in [3.05, 3.63) is 23.9 Å². The molecule has 1 heterocycles. The van der Waals surface area contributed by atoms with Crippen molar-refractivity contribution in [2.45, 2.75) is 26.4 Å². The number of nitrogens with zero attached hydrogens (tertiary/aromatic N) is 3. The number of carbonyl (C=O) groups is 2. The molecule has 1 aliphatic rings. The molecule has 0 aromatic carbocycles. The summed E-state index contributed by atoms with van der Waals surface area (Å²) in [6.07, 6.45) is 0.487. The van der Waals surface area contributed by atoms with E-state index in [0.29, 0.717) is 5.70 Å². The lowest BCUT2D eigenvalue weighted by Crippen LogP contribution is -2.47. The van der Waals surface area contributed by atoms with Crippen LogP contribution < -0.4 is 0 Å². The van der Waals surface area contributed by atoms with E-state index in [-0.39, 0.29) is 18.7 Å². The summed E-state index contributed by atoms with van der Waals surface area (Å²) in [5.41, 5.74) is -0.136. The highest BCUT2D eigenvalue weighted by molar-refractivity contribution is 5.86. The van der Waals surface area contributed by atoms with Gasteiger partial charge in [-0.1, -0.05) is 6.58 Å². The Hall–Kier alpha value is -2.18. The molecule has 0 bridgehead atoms. The van der Waals surface area contributed by atoms with E-state index in [4.69, 9.17) is 4.74 Å². The van der Waals surface area contributed by atoms with Crippen molar-refractivity contribution in [1.82, 2.24) is 4.90 Å². The molecule has 0 saturated carbocycles. The first-order valence-electron chi connectivity index (χ1n) is 5.72. The third-order valence-electron chi connectivity index (χ3n) is 2.57. The minimum Gasteiger partial charge on any atom is -0.465 e. The third kappa shape index (κ3) is 3.64. The summed E-state index contributed by atoms with van der Waals surface area (Å²) in [5.74, 6) is -0.546. The first-order chi connectivity index (χ1) is 8.76. The van der Waals surface area contributed by atoms with Crippen LogP contribution in [0.4, 0.5) is 4.79 Å². The minimum absolute atomic E-state index is 0.00759. The number of azo groups is 1. The van der Waals surface area contributed by atoms with Crippen LogP contribution in [-0.4, -0.2) is 40.9 Å². The molecule has 1 atom stereocenters. The Bertz CT molecular complexity index is 470. The number of carbonyl (C=O) groups excluding carboxylic acids is 1. The van der Waals surface area contributed by atoms with Crippen LogP contribution >= 0.6 is 0 Å². The summed E-state index contributed by atoms with van der Waals surface area (Å²) in [7, 11) is 0. The minimum atomic E-state index is -1.15. The average Bonchev–Trinajstić information content (AvgIpc) is 2.64. The fourth-order valence-electron chi connectivity index (χ4n) is 1.63. The quantitative estimate of drug-likeness (QED) is 0.610. The number of carboxylic acid groups (broad SMARTS) is 1. The van der Waals surface area contributed by atoms with E-state index in [0.717, 1.165) is 4.90 Å². The third-order valence-corrected chi connectivity index (χ3v) is 2.57. The summed E-state index contributed by atoms with van der Waals surface area (Å²) >= 11 is 0. The molecule has 0 aliphatic carbocycles. The highest BCUT2D eigenvalue weighted by Crippen LogP contribution is 2.27. The Morgan fingerprint density at radius 2 is 2.21 bits per heavy atom. The molecule has 7 nitrogen and oxygen atoms in total. The first-order valence-corrected chi connectivity index (χ1v) is 5.72. The second kappa shape index (κ2) is 5.64. The molecule has 1 N–H and O–H groups in total. The SMILES string of the molecule is C=C(C)C(=O)OCCN(C(=O)O)C1(C)C=C(C)N=N1. The van der Waals surface area contributed by atoms with E-state index in [9.17, 15) is 14.7 Å². The van der Waals surface area contributed by atoms with Crippen molar-refractivity contribution in [3.8, 4) is 0 Å². The van der Waals surface area contributed by atoms with Gasteiger partial charge in [0.2, 0.25) is 0 Å². The molecule has 0 aromatic rings. The van der Waals surface area contributed by atoms with Crippen LogP contribution in [0.1, 0.15) is 20.8 Å². The van der Waals surface area contributed by atoms with Gasteiger partial charge in [-0.25, -0.2) is 9.59 Å². The number of hydrogen-bond acceptors (Lipinski definition) is 5. The van der Waals surface area contributed by atoms with Gasteiger partial charge in [0.05, 0.1) is 12.2 Å². The average molecular weight is 267 g/mol.